The summed E-state index contributed by atoms with van der Waals surface area (Å²) in [5.41, 5.74) is 2.43. The lowest BCUT2D eigenvalue weighted by molar-refractivity contribution is 0.0682. The fourth-order valence-electron chi connectivity index (χ4n) is 3.63. The minimum atomic E-state index is -0.115. The number of hydrogen-bond donors (Lipinski definition) is 0. The zero-order valence-electron chi connectivity index (χ0n) is 13.2. The van der Waals surface area contributed by atoms with Crippen LogP contribution in [-0.2, 0) is 12.1 Å². The zero-order chi connectivity index (χ0) is 14.9. The van der Waals surface area contributed by atoms with E-state index in [1.807, 2.05) is 6.20 Å². The van der Waals surface area contributed by atoms with Gasteiger partial charge in [0.25, 0.3) is 0 Å². The van der Waals surface area contributed by atoms with E-state index in [0.717, 1.165) is 13.0 Å². The maximum atomic E-state index is 4.46. The molecule has 0 aliphatic carbocycles. The number of benzene rings is 1. The smallest absolute Gasteiger partial charge is 0.105 e. The molecule has 0 spiro atoms. The fourth-order valence-corrected chi connectivity index (χ4v) is 3.63. The molecule has 4 nitrogen and oxygen atoms in total. The minimum Gasteiger partial charge on any atom is -0.295 e. The first-order chi connectivity index (χ1) is 10.2. The highest BCUT2D eigenvalue weighted by molar-refractivity contribution is 5.30. The van der Waals surface area contributed by atoms with Gasteiger partial charge in [0.2, 0.25) is 0 Å². The largest absolute Gasteiger partial charge is 0.295 e. The van der Waals surface area contributed by atoms with E-state index in [1.54, 1.807) is 0 Å². The van der Waals surface area contributed by atoms with E-state index in [2.05, 4.69) is 71.1 Å². The molecule has 0 unspecified atom stereocenters. The number of aromatic nitrogens is 3. The average molecular weight is 284 g/mol. The van der Waals surface area contributed by atoms with Crippen molar-refractivity contribution in [3.63, 3.8) is 0 Å². The van der Waals surface area contributed by atoms with Gasteiger partial charge in [-0.05, 0) is 26.0 Å². The molecule has 2 aromatic rings. The third-order valence-corrected chi connectivity index (χ3v) is 4.95. The molecule has 0 saturated carbocycles. The fraction of sp³-hybridized carbons (Fsp3) is 0.529. The van der Waals surface area contributed by atoms with E-state index in [0.29, 0.717) is 6.04 Å². The van der Waals surface area contributed by atoms with Crippen LogP contribution >= 0.6 is 0 Å². The molecule has 0 N–H and O–H groups in total. The van der Waals surface area contributed by atoms with Crippen LogP contribution in [0.4, 0.5) is 0 Å². The predicted octanol–water partition coefficient (Wildman–Crippen LogP) is 3.05. The summed E-state index contributed by atoms with van der Waals surface area (Å²) in [5.74, 6) is 0. The lowest BCUT2D eigenvalue weighted by Crippen LogP contribution is -2.56. The molecule has 21 heavy (non-hydrogen) atoms. The Bertz CT molecular complexity index is 592. The van der Waals surface area contributed by atoms with Gasteiger partial charge in [-0.3, -0.25) is 4.90 Å². The highest BCUT2D eigenvalue weighted by Gasteiger charge is 2.46. The van der Waals surface area contributed by atoms with Crippen molar-refractivity contribution in [2.24, 2.45) is 0 Å². The number of likely N-dealkylation sites (N-methyl/N-ethyl adjacent to an activating group) is 1. The Morgan fingerprint density at radius 2 is 2.05 bits per heavy atom. The molecule has 0 fully saturated rings. The summed E-state index contributed by atoms with van der Waals surface area (Å²) >= 11 is 0. The standard InChI is InChI=1S/C17H24N4/c1-4-5-11-17(15-9-7-6-8-10-15)14(2)20(3)13-16-12-18-19-21(16)17/h6-10,12,14H,4-5,11,13H2,1-3H3/t14-,17+/m0/s1. The van der Waals surface area contributed by atoms with Gasteiger partial charge in [0.05, 0.1) is 11.9 Å². The van der Waals surface area contributed by atoms with E-state index in [-0.39, 0.29) is 5.54 Å². The quantitative estimate of drug-likeness (QED) is 0.865. The van der Waals surface area contributed by atoms with Crippen LogP contribution in [-0.4, -0.2) is 33.0 Å². The van der Waals surface area contributed by atoms with Crippen molar-refractivity contribution in [1.29, 1.82) is 0 Å². The lowest BCUT2D eigenvalue weighted by Gasteiger charge is -2.48. The van der Waals surface area contributed by atoms with Crippen LogP contribution in [0.5, 0.6) is 0 Å². The molecule has 1 aliphatic rings. The Kier molecular flexibility index (Phi) is 3.81. The van der Waals surface area contributed by atoms with Crippen LogP contribution in [0.2, 0.25) is 0 Å². The topological polar surface area (TPSA) is 34.0 Å². The Balaban J connectivity index is 2.19. The molecule has 1 aromatic carbocycles. The van der Waals surface area contributed by atoms with Gasteiger partial charge in [-0.2, -0.15) is 0 Å². The highest BCUT2D eigenvalue weighted by atomic mass is 15.5. The number of nitrogens with zero attached hydrogens (tertiary/aromatic N) is 4. The van der Waals surface area contributed by atoms with E-state index in [1.165, 1.54) is 24.1 Å². The van der Waals surface area contributed by atoms with Crippen LogP contribution in [0.25, 0.3) is 0 Å². The SMILES string of the molecule is CCCC[C@]1(c2ccccc2)[C@H](C)N(C)Cc2cnnn21. The molecular weight excluding hydrogens is 260 g/mol. The van der Waals surface area contributed by atoms with Gasteiger partial charge in [0.1, 0.15) is 5.54 Å². The van der Waals surface area contributed by atoms with Crippen molar-refractivity contribution in [2.45, 2.75) is 51.2 Å². The number of unbranched alkanes of at least 4 members (excludes halogenated alkanes) is 1. The van der Waals surface area contributed by atoms with Crippen LogP contribution < -0.4 is 0 Å². The molecule has 1 aromatic heterocycles. The van der Waals surface area contributed by atoms with E-state index in [4.69, 9.17) is 0 Å². The molecular formula is C17H24N4. The Morgan fingerprint density at radius 1 is 1.29 bits per heavy atom. The summed E-state index contributed by atoms with van der Waals surface area (Å²) in [5, 5.41) is 8.65. The normalized spacial score (nSPS) is 25.8. The molecule has 0 bridgehead atoms. The van der Waals surface area contributed by atoms with Gasteiger partial charge in [0.15, 0.2) is 0 Å². The van der Waals surface area contributed by atoms with Crippen molar-refractivity contribution < 1.29 is 0 Å². The van der Waals surface area contributed by atoms with Crippen LogP contribution in [0, 0.1) is 0 Å². The summed E-state index contributed by atoms with van der Waals surface area (Å²) in [4.78, 5) is 2.42. The Hall–Kier alpha value is -1.68. The van der Waals surface area contributed by atoms with Gasteiger partial charge in [-0.25, -0.2) is 4.68 Å². The molecule has 2 atom stereocenters. The molecule has 2 heterocycles. The summed E-state index contributed by atoms with van der Waals surface area (Å²) < 4.78 is 2.18. The van der Waals surface area contributed by atoms with Gasteiger partial charge < -0.3 is 0 Å². The van der Waals surface area contributed by atoms with Crippen LogP contribution in [0.3, 0.4) is 0 Å². The molecule has 112 valence electrons. The average Bonchev–Trinajstić information content (AvgIpc) is 2.97. The second kappa shape index (κ2) is 5.60. The predicted molar refractivity (Wildman–Crippen MR) is 84.0 cm³/mol. The first kappa shape index (κ1) is 14.3. The van der Waals surface area contributed by atoms with Crippen molar-refractivity contribution in [1.82, 2.24) is 19.9 Å². The molecule has 4 heteroatoms. The van der Waals surface area contributed by atoms with Crippen molar-refractivity contribution >= 4 is 0 Å². The minimum absolute atomic E-state index is 0.115. The Labute approximate surface area is 126 Å². The third-order valence-electron chi connectivity index (χ3n) is 4.95. The monoisotopic (exact) mass is 284 g/mol. The second-order valence-corrected chi connectivity index (χ2v) is 6.12. The second-order valence-electron chi connectivity index (χ2n) is 6.12. The molecule has 0 amide bonds. The zero-order valence-corrected chi connectivity index (χ0v) is 13.2. The molecule has 0 radical (unpaired) electrons. The van der Waals surface area contributed by atoms with E-state index < -0.39 is 0 Å². The van der Waals surface area contributed by atoms with E-state index in [9.17, 15) is 0 Å². The van der Waals surface area contributed by atoms with Crippen molar-refractivity contribution in [2.75, 3.05) is 7.05 Å². The van der Waals surface area contributed by atoms with Gasteiger partial charge in [-0.15, -0.1) is 5.10 Å². The van der Waals surface area contributed by atoms with Crippen molar-refractivity contribution in [3.8, 4) is 0 Å². The summed E-state index contributed by atoms with van der Waals surface area (Å²) in [6.07, 6.45) is 5.38. The van der Waals surface area contributed by atoms with Gasteiger partial charge in [-0.1, -0.05) is 55.3 Å². The van der Waals surface area contributed by atoms with Gasteiger partial charge in [0, 0.05) is 12.6 Å². The highest BCUT2D eigenvalue weighted by Crippen LogP contribution is 2.40. The van der Waals surface area contributed by atoms with Crippen LogP contribution in [0.1, 0.15) is 44.4 Å². The van der Waals surface area contributed by atoms with Gasteiger partial charge >= 0.3 is 0 Å². The van der Waals surface area contributed by atoms with Crippen LogP contribution in [0.15, 0.2) is 36.5 Å². The van der Waals surface area contributed by atoms with Crippen molar-refractivity contribution in [3.05, 3.63) is 47.8 Å². The Morgan fingerprint density at radius 3 is 2.76 bits per heavy atom. The number of fused-ring (bicyclic) bond motifs is 1. The first-order valence-corrected chi connectivity index (χ1v) is 7.86. The first-order valence-electron chi connectivity index (χ1n) is 7.86. The molecule has 3 rings (SSSR count). The maximum absolute atomic E-state index is 4.46. The lowest BCUT2D eigenvalue weighted by atomic mass is 9.77. The third kappa shape index (κ3) is 2.18. The molecule has 0 saturated heterocycles. The summed E-state index contributed by atoms with van der Waals surface area (Å²) in [6, 6.07) is 11.2. The van der Waals surface area contributed by atoms with E-state index >= 15 is 0 Å². The number of hydrogen-bond acceptors (Lipinski definition) is 3. The summed E-state index contributed by atoms with van der Waals surface area (Å²) in [6.45, 7) is 5.47. The summed E-state index contributed by atoms with van der Waals surface area (Å²) in [7, 11) is 2.20. The maximum Gasteiger partial charge on any atom is 0.105 e. The molecule has 1 aliphatic heterocycles. The number of rotatable bonds is 4.